The van der Waals surface area contributed by atoms with E-state index >= 15 is 0 Å². The van der Waals surface area contributed by atoms with Crippen LogP contribution in [0, 0.1) is 0 Å². The second-order valence-corrected chi connectivity index (χ2v) is 20.6. The molecule has 1 atom stereocenters. The molecule has 0 N–H and O–H groups in total. The molecule has 0 aliphatic carbocycles. The van der Waals surface area contributed by atoms with E-state index in [1.54, 1.807) is 0 Å². The van der Waals surface area contributed by atoms with Gasteiger partial charge in [-0.15, -0.1) is 0 Å². The zero-order chi connectivity index (χ0) is 50.0. The Kier molecular flexibility index (Phi) is 56.2. The van der Waals surface area contributed by atoms with Crippen molar-refractivity contribution in [2.75, 3.05) is 13.2 Å². The number of esters is 3. The summed E-state index contributed by atoms with van der Waals surface area (Å²) < 4.78 is 16.9. The zero-order valence-electron chi connectivity index (χ0n) is 46.3. The van der Waals surface area contributed by atoms with E-state index in [0.717, 1.165) is 57.8 Å². The monoisotopic (exact) mass is 969 g/mol. The minimum atomic E-state index is -0.794. The van der Waals surface area contributed by atoms with Crippen LogP contribution in [0.3, 0.4) is 0 Å². The van der Waals surface area contributed by atoms with Crippen LogP contribution in [-0.2, 0) is 28.6 Å². The SMILES string of the molecule is CCCCCCCC/C=C\C/C=C\C/C=C\CCCC(=O)OC(COC(=O)CCCCCCCCCCCCCCCCC)COC(=O)CCCCCCCCCCCCCCCCCCCCC. The molecule has 0 aromatic rings. The fraction of sp³-hybridized carbons (Fsp3) is 0.857. The molecular weight excluding hydrogens is 853 g/mol. The number of carbonyl (C=O) groups excluding carboxylic acids is 3. The molecule has 0 fully saturated rings. The van der Waals surface area contributed by atoms with Gasteiger partial charge < -0.3 is 14.2 Å². The van der Waals surface area contributed by atoms with E-state index in [4.69, 9.17) is 14.2 Å². The molecule has 0 aliphatic rings. The van der Waals surface area contributed by atoms with Crippen molar-refractivity contribution in [3.63, 3.8) is 0 Å². The van der Waals surface area contributed by atoms with Crippen LogP contribution < -0.4 is 0 Å². The molecule has 0 rings (SSSR count). The molecule has 6 nitrogen and oxygen atoms in total. The number of allylic oxidation sites excluding steroid dienone is 6. The molecule has 0 saturated carbocycles. The molecule has 0 bridgehead atoms. The van der Waals surface area contributed by atoms with Crippen LogP contribution in [0.15, 0.2) is 36.5 Å². The highest BCUT2D eigenvalue weighted by molar-refractivity contribution is 5.71. The van der Waals surface area contributed by atoms with Crippen LogP contribution >= 0.6 is 0 Å². The molecule has 0 aromatic heterocycles. The maximum atomic E-state index is 12.8. The zero-order valence-corrected chi connectivity index (χ0v) is 46.3. The van der Waals surface area contributed by atoms with Gasteiger partial charge in [0.2, 0.25) is 0 Å². The van der Waals surface area contributed by atoms with E-state index in [2.05, 4.69) is 57.2 Å². The molecule has 0 spiro atoms. The highest BCUT2D eigenvalue weighted by Gasteiger charge is 2.19. The number of hydrogen-bond acceptors (Lipinski definition) is 6. The van der Waals surface area contributed by atoms with Crippen molar-refractivity contribution < 1.29 is 28.6 Å². The van der Waals surface area contributed by atoms with Gasteiger partial charge in [-0.25, -0.2) is 0 Å². The third kappa shape index (κ3) is 56.4. The molecule has 6 heteroatoms. The lowest BCUT2D eigenvalue weighted by Crippen LogP contribution is -2.30. The van der Waals surface area contributed by atoms with Gasteiger partial charge >= 0.3 is 17.9 Å². The number of unbranched alkanes of at least 4 members (excludes halogenated alkanes) is 39. The van der Waals surface area contributed by atoms with E-state index in [0.29, 0.717) is 19.3 Å². The van der Waals surface area contributed by atoms with Gasteiger partial charge in [-0.1, -0.05) is 295 Å². The molecule has 404 valence electrons. The average molecular weight is 970 g/mol. The highest BCUT2D eigenvalue weighted by atomic mass is 16.6. The van der Waals surface area contributed by atoms with Crippen molar-refractivity contribution in [3.05, 3.63) is 36.5 Å². The second-order valence-electron chi connectivity index (χ2n) is 20.6. The first-order valence-corrected chi connectivity index (χ1v) is 30.5. The van der Waals surface area contributed by atoms with Crippen LogP contribution in [0.2, 0.25) is 0 Å². The van der Waals surface area contributed by atoms with E-state index in [1.165, 1.54) is 225 Å². The highest BCUT2D eigenvalue weighted by Crippen LogP contribution is 2.17. The van der Waals surface area contributed by atoms with Crippen molar-refractivity contribution >= 4 is 17.9 Å². The summed E-state index contributed by atoms with van der Waals surface area (Å²) in [5.74, 6) is -0.917. The minimum absolute atomic E-state index is 0.0869. The van der Waals surface area contributed by atoms with Crippen LogP contribution in [0.5, 0.6) is 0 Å². The molecule has 0 aromatic carbocycles. The van der Waals surface area contributed by atoms with E-state index < -0.39 is 6.10 Å². The number of ether oxygens (including phenoxy) is 3. The molecule has 1 unspecified atom stereocenters. The largest absolute Gasteiger partial charge is 0.462 e. The van der Waals surface area contributed by atoms with Gasteiger partial charge in [0, 0.05) is 19.3 Å². The first-order chi connectivity index (χ1) is 34.0. The van der Waals surface area contributed by atoms with Gasteiger partial charge in [-0.2, -0.15) is 0 Å². The molecule has 0 heterocycles. The van der Waals surface area contributed by atoms with E-state index in [9.17, 15) is 14.4 Å². The Labute approximate surface area is 429 Å². The predicted octanol–water partition coefficient (Wildman–Crippen LogP) is 20.4. The lowest BCUT2D eigenvalue weighted by molar-refractivity contribution is -0.167. The Morgan fingerprint density at radius 3 is 0.855 bits per heavy atom. The summed E-state index contributed by atoms with van der Waals surface area (Å²) in [5, 5.41) is 0. The Bertz CT molecular complexity index is 1160. The van der Waals surface area contributed by atoms with Crippen molar-refractivity contribution in [1.82, 2.24) is 0 Å². The van der Waals surface area contributed by atoms with E-state index in [-0.39, 0.29) is 37.5 Å². The molecule has 0 radical (unpaired) electrons. The minimum Gasteiger partial charge on any atom is -0.462 e. The summed E-state index contributed by atoms with van der Waals surface area (Å²) in [6.45, 7) is 6.65. The third-order valence-electron chi connectivity index (χ3n) is 13.6. The fourth-order valence-corrected chi connectivity index (χ4v) is 9.05. The average Bonchev–Trinajstić information content (AvgIpc) is 3.35. The molecule has 0 saturated heterocycles. The van der Waals surface area contributed by atoms with Gasteiger partial charge in [-0.3, -0.25) is 14.4 Å². The van der Waals surface area contributed by atoms with Gasteiger partial charge in [0.25, 0.3) is 0 Å². The Morgan fingerprint density at radius 1 is 0.290 bits per heavy atom. The quantitative estimate of drug-likeness (QED) is 0.0261. The van der Waals surface area contributed by atoms with Crippen LogP contribution in [0.1, 0.15) is 329 Å². The van der Waals surface area contributed by atoms with Gasteiger partial charge in [0.1, 0.15) is 13.2 Å². The van der Waals surface area contributed by atoms with E-state index in [1.807, 2.05) is 0 Å². The maximum absolute atomic E-state index is 12.8. The van der Waals surface area contributed by atoms with Crippen molar-refractivity contribution in [1.29, 1.82) is 0 Å². The fourth-order valence-electron chi connectivity index (χ4n) is 9.05. The number of rotatable bonds is 56. The summed E-state index contributed by atoms with van der Waals surface area (Å²) in [6.07, 6.45) is 70.0. The van der Waals surface area contributed by atoms with Crippen LogP contribution in [0.4, 0.5) is 0 Å². The van der Waals surface area contributed by atoms with Crippen LogP contribution in [-0.4, -0.2) is 37.2 Å². The summed E-state index contributed by atoms with van der Waals surface area (Å²) in [7, 11) is 0. The topological polar surface area (TPSA) is 78.9 Å². The van der Waals surface area contributed by atoms with Crippen LogP contribution in [0.25, 0.3) is 0 Å². The molecule has 0 amide bonds. The lowest BCUT2D eigenvalue weighted by atomic mass is 10.0. The third-order valence-corrected chi connectivity index (χ3v) is 13.6. The smallest absolute Gasteiger partial charge is 0.306 e. The lowest BCUT2D eigenvalue weighted by Gasteiger charge is -2.18. The number of hydrogen-bond donors (Lipinski definition) is 0. The predicted molar refractivity (Wildman–Crippen MR) is 298 cm³/mol. The summed E-state index contributed by atoms with van der Waals surface area (Å²) in [4.78, 5) is 38.2. The summed E-state index contributed by atoms with van der Waals surface area (Å²) in [6, 6.07) is 0. The number of carbonyl (C=O) groups is 3. The molecular formula is C63H116O6. The standard InChI is InChI=1S/C63H116O6/c1-4-7-10-13-16-19-22-25-28-30-31-33-35-38-41-44-47-50-53-56-62(65)68-59-60(58-67-61(64)55-52-49-46-43-40-37-34-27-24-21-18-15-12-9-6-3)69-63(66)57-54-51-48-45-42-39-36-32-29-26-23-20-17-14-11-8-5-2/h26,29,36,39,45,48,60H,4-25,27-28,30-35,37-38,40-44,46-47,49-59H2,1-3H3/b29-26-,39-36-,48-45-. The summed E-state index contributed by atoms with van der Waals surface area (Å²) in [5.41, 5.74) is 0. The second kappa shape index (κ2) is 58.2. The van der Waals surface area contributed by atoms with Crippen molar-refractivity contribution in [3.8, 4) is 0 Å². The first-order valence-electron chi connectivity index (χ1n) is 30.5. The normalized spacial score (nSPS) is 12.2. The first kappa shape index (κ1) is 66.6. The maximum Gasteiger partial charge on any atom is 0.306 e. The van der Waals surface area contributed by atoms with Gasteiger partial charge in [0.15, 0.2) is 6.10 Å². The Balaban J connectivity index is 4.38. The molecule has 69 heavy (non-hydrogen) atoms. The van der Waals surface area contributed by atoms with Gasteiger partial charge in [0.05, 0.1) is 0 Å². The Morgan fingerprint density at radius 2 is 0.536 bits per heavy atom. The van der Waals surface area contributed by atoms with Gasteiger partial charge in [-0.05, 0) is 51.4 Å². The Hall–Kier alpha value is -2.37. The van der Waals surface area contributed by atoms with Crippen molar-refractivity contribution in [2.45, 2.75) is 335 Å². The van der Waals surface area contributed by atoms with Crippen molar-refractivity contribution in [2.24, 2.45) is 0 Å². The molecule has 0 aliphatic heterocycles. The summed E-state index contributed by atoms with van der Waals surface area (Å²) >= 11 is 0.